The number of aromatic amines is 1. The highest BCUT2D eigenvalue weighted by Gasteiger charge is 2.40. The summed E-state index contributed by atoms with van der Waals surface area (Å²) >= 11 is 0. The SMILES string of the molecule is CC1(C(=O)NCC#N)COC(c2nc(-c3ccc(F)cc3)c(-c3ccnc(NCc4cccnc4)n3)[nH]2)OC1. The van der Waals surface area contributed by atoms with Crippen LogP contribution in [-0.2, 0) is 20.8 Å². The molecule has 12 heteroatoms. The standard InChI is InChI=1S/C27H25FN8O3/c1-27(25(37)31-12-9-29)15-38-24(39-16-27)23-35-21(18-4-6-19(28)7-5-18)22(36-23)20-8-11-32-26(34-20)33-14-17-3-2-10-30-13-17/h2-8,10-11,13,24H,12,14-16H2,1H3,(H,31,37)(H,35,36)(H,32,33,34). The Morgan fingerprint density at radius 1 is 1.18 bits per heavy atom. The van der Waals surface area contributed by atoms with Crippen LogP contribution in [0, 0.1) is 22.6 Å². The van der Waals surface area contributed by atoms with Gasteiger partial charge in [0, 0.05) is 30.7 Å². The van der Waals surface area contributed by atoms with E-state index in [1.54, 1.807) is 43.7 Å². The van der Waals surface area contributed by atoms with Crippen molar-refractivity contribution in [3.63, 3.8) is 0 Å². The van der Waals surface area contributed by atoms with Crippen LogP contribution in [0.4, 0.5) is 10.3 Å². The maximum Gasteiger partial charge on any atom is 0.231 e. The molecule has 1 aromatic carbocycles. The first-order valence-corrected chi connectivity index (χ1v) is 12.2. The molecule has 198 valence electrons. The van der Waals surface area contributed by atoms with E-state index in [4.69, 9.17) is 19.7 Å². The van der Waals surface area contributed by atoms with Crippen molar-refractivity contribution >= 4 is 11.9 Å². The molecule has 0 aliphatic carbocycles. The summed E-state index contributed by atoms with van der Waals surface area (Å²) < 4.78 is 25.4. The van der Waals surface area contributed by atoms with Gasteiger partial charge in [0.1, 0.15) is 12.4 Å². The highest BCUT2D eigenvalue weighted by atomic mass is 19.1. The lowest BCUT2D eigenvalue weighted by Gasteiger charge is -2.35. The van der Waals surface area contributed by atoms with Crippen molar-refractivity contribution in [2.75, 3.05) is 25.1 Å². The van der Waals surface area contributed by atoms with Crippen molar-refractivity contribution in [1.82, 2.24) is 30.2 Å². The smallest absolute Gasteiger partial charge is 0.231 e. The zero-order valence-electron chi connectivity index (χ0n) is 21.0. The number of pyridine rings is 1. The summed E-state index contributed by atoms with van der Waals surface area (Å²) in [5, 5.41) is 14.5. The topological polar surface area (TPSA) is 151 Å². The van der Waals surface area contributed by atoms with E-state index in [1.807, 2.05) is 18.2 Å². The molecule has 0 spiro atoms. The maximum atomic E-state index is 13.7. The first-order chi connectivity index (χ1) is 18.9. The van der Waals surface area contributed by atoms with Crippen molar-refractivity contribution < 1.29 is 18.7 Å². The molecule has 0 bridgehead atoms. The summed E-state index contributed by atoms with van der Waals surface area (Å²) in [5.41, 5.74) is 2.32. The Hall–Kier alpha value is -4.73. The molecule has 1 saturated heterocycles. The van der Waals surface area contributed by atoms with Crippen molar-refractivity contribution in [3.8, 4) is 28.7 Å². The third-order valence-corrected chi connectivity index (χ3v) is 6.13. The number of nitrogens with one attached hydrogen (secondary N) is 3. The van der Waals surface area contributed by atoms with Crippen LogP contribution in [0.5, 0.6) is 0 Å². The first-order valence-electron chi connectivity index (χ1n) is 12.2. The quantitative estimate of drug-likeness (QED) is 0.292. The number of nitriles is 1. The number of carbonyl (C=O) groups excluding carboxylic acids is 1. The number of anilines is 1. The second-order valence-electron chi connectivity index (χ2n) is 9.19. The van der Waals surface area contributed by atoms with Crippen molar-refractivity contribution in [2.24, 2.45) is 5.41 Å². The number of aromatic nitrogens is 5. The Kier molecular flexibility index (Phi) is 7.53. The van der Waals surface area contributed by atoms with Crippen molar-refractivity contribution in [2.45, 2.75) is 19.8 Å². The number of amides is 1. The summed E-state index contributed by atoms with van der Waals surface area (Å²) in [7, 11) is 0. The molecule has 5 rings (SSSR count). The monoisotopic (exact) mass is 528 g/mol. The van der Waals surface area contributed by atoms with Gasteiger partial charge in [-0.1, -0.05) is 6.07 Å². The summed E-state index contributed by atoms with van der Waals surface area (Å²) in [4.78, 5) is 33.5. The Morgan fingerprint density at radius 3 is 2.69 bits per heavy atom. The molecule has 1 aliphatic rings. The fourth-order valence-corrected chi connectivity index (χ4v) is 4.00. The van der Waals surface area contributed by atoms with Gasteiger partial charge in [0.15, 0.2) is 5.82 Å². The van der Waals surface area contributed by atoms with Gasteiger partial charge in [-0.15, -0.1) is 0 Å². The van der Waals surface area contributed by atoms with Crippen LogP contribution >= 0.6 is 0 Å². The summed E-state index contributed by atoms with van der Waals surface area (Å²) in [6.07, 6.45) is 4.21. The number of hydrogen-bond donors (Lipinski definition) is 3. The lowest BCUT2D eigenvalue weighted by Crippen LogP contribution is -2.48. The number of halogens is 1. The molecule has 0 saturated carbocycles. The number of H-pyrrole nitrogens is 1. The van der Waals surface area contributed by atoms with E-state index < -0.39 is 11.7 Å². The summed E-state index contributed by atoms with van der Waals surface area (Å²) in [5.74, 6) is 0.0731. The molecule has 0 radical (unpaired) electrons. The number of hydrogen-bond acceptors (Lipinski definition) is 9. The van der Waals surface area contributed by atoms with Gasteiger partial charge < -0.3 is 25.1 Å². The first kappa shape index (κ1) is 25.9. The molecule has 3 N–H and O–H groups in total. The molecule has 1 aliphatic heterocycles. The fourth-order valence-electron chi connectivity index (χ4n) is 4.00. The molecule has 4 aromatic rings. The van der Waals surface area contributed by atoms with E-state index in [1.165, 1.54) is 12.1 Å². The lowest BCUT2D eigenvalue weighted by atomic mass is 9.91. The maximum absolute atomic E-state index is 13.7. The number of nitrogens with zero attached hydrogens (tertiary/aromatic N) is 5. The number of rotatable bonds is 8. The molecular formula is C27H25FN8O3. The van der Waals surface area contributed by atoms with Gasteiger partial charge in [-0.25, -0.2) is 19.3 Å². The number of imidazole rings is 1. The zero-order valence-corrected chi connectivity index (χ0v) is 21.0. The highest BCUT2D eigenvalue weighted by molar-refractivity contribution is 5.83. The van der Waals surface area contributed by atoms with E-state index in [0.29, 0.717) is 41.0 Å². The van der Waals surface area contributed by atoms with Gasteiger partial charge in [-0.3, -0.25) is 9.78 Å². The second kappa shape index (κ2) is 11.3. The van der Waals surface area contributed by atoms with Crippen molar-refractivity contribution in [1.29, 1.82) is 5.26 Å². The minimum absolute atomic E-state index is 0.0623. The molecule has 0 unspecified atom stereocenters. The third-order valence-electron chi connectivity index (χ3n) is 6.13. The van der Waals surface area contributed by atoms with Gasteiger partial charge >= 0.3 is 0 Å². The average molecular weight is 529 g/mol. The predicted molar refractivity (Wildman–Crippen MR) is 138 cm³/mol. The number of ether oxygens (including phenoxy) is 2. The van der Waals surface area contributed by atoms with Gasteiger partial charge in [-0.2, -0.15) is 5.26 Å². The molecule has 11 nitrogen and oxygen atoms in total. The molecule has 1 amide bonds. The van der Waals surface area contributed by atoms with Crippen LogP contribution in [0.2, 0.25) is 0 Å². The minimum atomic E-state index is -0.954. The summed E-state index contributed by atoms with van der Waals surface area (Å²) in [6.45, 7) is 2.22. The van der Waals surface area contributed by atoms with Gasteiger partial charge in [0.25, 0.3) is 0 Å². The van der Waals surface area contributed by atoms with Gasteiger partial charge in [0.05, 0.1) is 41.8 Å². The second-order valence-corrected chi connectivity index (χ2v) is 9.19. The van der Waals surface area contributed by atoms with Gasteiger partial charge in [-0.05, 0) is 48.9 Å². The van der Waals surface area contributed by atoms with E-state index in [-0.39, 0.29) is 31.5 Å². The Bertz CT molecular complexity index is 1480. The summed E-state index contributed by atoms with van der Waals surface area (Å²) in [6, 6.07) is 13.4. The van der Waals surface area contributed by atoms with Gasteiger partial charge in [0.2, 0.25) is 18.1 Å². The van der Waals surface area contributed by atoms with E-state index in [0.717, 1.165) is 5.56 Å². The highest BCUT2D eigenvalue weighted by Crippen LogP contribution is 2.35. The largest absolute Gasteiger partial charge is 0.350 e. The van der Waals surface area contributed by atoms with Crippen LogP contribution in [0.25, 0.3) is 22.6 Å². The third kappa shape index (κ3) is 5.90. The molecule has 4 heterocycles. The number of benzene rings is 1. The minimum Gasteiger partial charge on any atom is -0.350 e. The van der Waals surface area contributed by atoms with Crippen LogP contribution < -0.4 is 10.6 Å². The average Bonchev–Trinajstić information content (AvgIpc) is 3.42. The van der Waals surface area contributed by atoms with E-state index in [9.17, 15) is 9.18 Å². The number of carbonyl (C=O) groups is 1. The van der Waals surface area contributed by atoms with Crippen LogP contribution in [0.1, 0.15) is 24.6 Å². The Balaban J connectivity index is 1.41. The predicted octanol–water partition coefficient (Wildman–Crippen LogP) is 3.37. The van der Waals surface area contributed by atoms with Crippen molar-refractivity contribution in [3.05, 3.63) is 78.3 Å². The molecule has 1 fully saturated rings. The zero-order chi connectivity index (χ0) is 27.2. The normalized spacial score (nSPS) is 18.7. The van der Waals surface area contributed by atoms with E-state index >= 15 is 0 Å². The molecule has 3 aromatic heterocycles. The van der Waals surface area contributed by atoms with E-state index in [2.05, 4.69) is 30.6 Å². The molecule has 39 heavy (non-hydrogen) atoms. The Labute approximate surface area is 223 Å². The van der Waals surface area contributed by atoms with Crippen LogP contribution in [0.3, 0.4) is 0 Å². The molecule has 0 atom stereocenters. The van der Waals surface area contributed by atoms with Crippen LogP contribution in [0.15, 0.2) is 61.1 Å². The molecular weight excluding hydrogens is 503 g/mol. The Morgan fingerprint density at radius 2 is 1.97 bits per heavy atom. The lowest BCUT2D eigenvalue weighted by molar-refractivity contribution is -0.230. The van der Waals surface area contributed by atoms with Crippen LogP contribution in [-0.4, -0.2) is 50.6 Å². The fraction of sp³-hybridized carbons (Fsp3) is 0.259.